The molecule has 1 atom stereocenters. The van der Waals surface area contributed by atoms with Gasteiger partial charge in [-0.25, -0.2) is 0 Å². The Hall–Kier alpha value is -2.11. The predicted molar refractivity (Wildman–Crippen MR) is 104 cm³/mol. The van der Waals surface area contributed by atoms with E-state index in [-0.39, 0.29) is 5.43 Å². The van der Waals surface area contributed by atoms with Crippen molar-refractivity contribution in [2.24, 2.45) is 0 Å². The van der Waals surface area contributed by atoms with Crippen molar-refractivity contribution >= 4 is 0 Å². The number of nitrogens with one attached hydrogen (secondary N) is 1. The second kappa shape index (κ2) is 8.52. The van der Waals surface area contributed by atoms with Crippen LogP contribution in [-0.4, -0.2) is 42.5 Å². The highest BCUT2D eigenvalue weighted by Crippen LogP contribution is 2.32. The summed E-state index contributed by atoms with van der Waals surface area (Å²) in [4.78, 5) is 19.9. The molecular weight excluding hydrogens is 326 g/mol. The summed E-state index contributed by atoms with van der Waals surface area (Å²) in [6, 6.07) is 11.1. The minimum atomic E-state index is -0.0668. The van der Waals surface area contributed by atoms with E-state index < -0.39 is 0 Å². The molecule has 1 fully saturated rings. The van der Waals surface area contributed by atoms with Crippen molar-refractivity contribution in [1.82, 2.24) is 14.8 Å². The quantitative estimate of drug-likeness (QED) is 0.865. The van der Waals surface area contributed by atoms with Crippen LogP contribution in [0, 0.1) is 0 Å². The molecule has 0 aliphatic carbocycles. The molecule has 0 amide bonds. The van der Waals surface area contributed by atoms with E-state index in [0.717, 1.165) is 31.7 Å². The summed E-state index contributed by atoms with van der Waals surface area (Å²) in [7, 11) is 5.70. The molecule has 1 aliphatic heterocycles. The average Bonchev–Trinajstić information content (AvgIpc) is 2.63. The van der Waals surface area contributed by atoms with Crippen LogP contribution in [0.1, 0.15) is 42.1 Å². The van der Waals surface area contributed by atoms with Gasteiger partial charge in [0.05, 0.1) is 7.11 Å². The first-order valence-electron chi connectivity index (χ1n) is 9.30. The number of nitrogens with zero attached hydrogens (tertiary/aromatic N) is 2. The summed E-state index contributed by atoms with van der Waals surface area (Å²) in [5.74, 6) is 0.362. The molecule has 26 heavy (non-hydrogen) atoms. The zero-order valence-electron chi connectivity index (χ0n) is 16.0. The third-order valence-electron chi connectivity index (χ3n) is 5.01. The Morgan fingerprint density at radius 1 is 1.23 bits per heavy atom. The minimum Gasteiger partial charge on any atom is -0.491 e. The normalized spacial score (nSPS) is 18.2. The maximum atomic E-state index is 12.0. The van der Waals surface area contributed by atoms with E-state index in [2.05, 4.69) is 53.1 Å². The lowest BCUT2D eigenvalue weighted by molar-refractivity contribution is 0.138. The lowest BCUT2D eigenvalue weighted by atomic mass is 9.94. The number of piperidine rings is 1. The highest BCUT2D eigenvalue weighted by Gasteiger charge is 2.24. The molecule has 1 N–H and O–H groups in total. The van der Waals surface area contributed by atoms with E-state index in [4.69, 9.17) is 4.74 Å². The molecule has 5 heteroatoms. The third-order valence-corrected chi connectivity index (χ3v) is 5.01. The Kier molecular flexibility index (Phi) is 6.12. The van der Waals surface area contributed by atoms with Gasteiger partial charge in [0.2, 0.25) is 5.43 Å². The van der Waals surface area contributed by atoms with Crippen LogP contribution in [0.3, 0.4) is 0 Å². The Balaban J connectivity index is 1.75. The van der Waals surface area contributed by atoms with Gasteiger partial charge >= 0.3 is 0 Å². The molecule has 3 rings (SSSR count). The van der Waals surface area contributed by atoms with Crippen LogP contribution in [0.4, 0.5) is 0 Å². The smallest absolute Gasteiger partial charge is 0.223 e. The summed E-state index contributed by atoms with van der Waals surface area (Å²) in [5.41, 5.74) is 3.57. The Morgan fingerprint density at radius 3 is 2.65 bits per heavy atom. The van der Waals surface area contributed by atoms with Gasteiger partial charge in [0, 0.05) is 37.1 Å². The zero-order valence-corrected chi connectivity index (χ0v) is 16.0. The standard InChI is InChI=1S/C21H29N3O2/c1-23(2)14-16-7-9-17(10-8-16)19-6-4-5-11-24(19)15-18-12-20(25)21(26-3)13-22-18/h7-10,12-13,19H,4-6,11,14-15H2,1-3H3,(H,22,25). The van der Waals surface area contributed by atoms with Crippen molar-refractivity contribution in [3.05, 3.63) is 63.6 Å². The molecule has 1 unspecified atom stereocenters. The fourth-order valence-corrected chi connectivity index (χ4v) is 3.74. The van der Waals surface area contributed by atoms with Gasteiger partial charge in [0.1, 0.15) is 0 Å². The number of hydrogen-bond acceptors (Lipinski definition) is 4. The van der Waals surface area contributed by atoms with Gasteiger partial charge in [0.25, 0.3) is 0 Å². The van der Waals surface area contributed by atoms with Crippen LogP contribution in [0.2, 0.25) is 0 Å². The number of aromatic amines is 1. The molecule has 1 saturated heterocycles. The number of likely N-dealkylation sites (tertiary alicyclic amines) is 1. The number of pyridine rings is 1. The van der Waals surface area contributed by atoms with Crippen molar-refractivity contribution in [3.63, 3.8) is 0 Å². The lowest BCUT2D eigenvalue weighted by Gasteiger charge is -2.36. The lowest BCUT2D eigenvalue weighted by Crippen LogP contribution is -2.33. The highest BCUT2D eigenvalue weighted by molar-refractivity contribution is 5.26. The van der Waals surface area contributed by atoms with Crippen LogP contribution in [-0.2, 0) is 13.1 Å². The van der Waals surface area contributed by atoms with Gasteiger partial charge in [-0.15, -0.1) is 0 Å². The van der Waals surface area contributed by atoms with Gasteiger partial charge in [-0.3, -0.25) is 9.69 Å². The zero-order chi connectivity index (χ0) is 18.5. The first-order chi connectivity index (χ1) is 12.6. The molecule has 0 bridgehead atoms. The number of methoxy groups -OCH3 is 1. The summed E-state index contributed by atoms with van der Waals surface area (Å²) in [6.07, 6.45) is 5.27. The Bertz CT molecular complexity index is 768. The first kappa shape index (κ1) is 18.7. The molecular formula is C21H29N3O2. The SMILES string of the molecule is COc1c[nH]c(CN2CCCCC2c2ccc(CN(C)C)cc2)cc1=O. The fourth-order valence-electron chi connectivity index (χ4n) is 3.74. The largest absolute Gasteiger partial charge is 0.491 e. The van der Waals surface area contributed by atoms with Crippen LogP contribution < -0.4 is 10.2 Å². The van der Waals surface area contributed by atoms with Crippen LogP contribution in [0.5, 0.6) is 5.75 Å². The van der Waals surface area contributed by atoms with E-state index in [1.165, 1.54) is 31.1 Å². The van der Waals surface area contributed by atoms with Crippen LogP contribution >= 0.6 is 0 Å². The van der Waals surface area contributed by atoms with Crippen molar-refractivity contribution in [2.75, 3.05) is 27.7 Å². The van der Waals surface area contributed by atoms with Gasteiger partial charge in [-0.2, -0.15) is 0 Å². The van der Waals surface area contributed by atoms with E-state index >= 15 is 0 Å². The number of benzene rings is 1. The van der Waals surface area contributed by atoms with E-state index in [0.29, 0.717) is 11.8 Å². The molecule has 140 valence electrons. The number of rotatable bonds is 6. The molecule has 0 spiro atoms. The van der Waals surface area contributed by atoms with Crippen molar-refractivity contribution in [3.8, 4) is 5.75 Å². The summed E-state index contributed by atoms with van der Waals surface area (Å²) < 4.78 is 5.06. The third kappa shape index (κ3) is 4.54. The molecule has 0 saturated carbocycles. The topological polar surface area (TPSA) is 48.6 Å². The predicted octanol–water partition coefficient (Wildman–Crippen LogP) is 3.17. The van der Waals surface area contributed by atoms with Gasteiger partial charge in [-0.05, 0) is 44.6 Å². The Morgan fingerprint density at radius 2 is 2.00 bits per heavy atom. The summed E-state index contributed by atoms with van der Waals surface area (Å²) >= 11 is 0. The molecule has 2 aromatic rings. The van der Waals surface area contributed by atoms with Gasteiger partial charge in [-0.1, -0.05) is 30.7 Å². The highest BCUT2D eigenvalue weighted by atomic mass is 16.5. The molecule has 0 radical (unpaired) electrons. The van der Waals surface area contributed by atoms with E-state index in [1.807, 2.05) is 0 Å². The second-order valence-electron chi connectivity index (χ2n) is 7.35. The minimum absolute atomic E-state index is 0.0668. The number of H-pyrrole nitrogens is 1. The maximum Gasteiger partial charge on any atom is 0.223 e. The molecule has 2 heterocycles. The monoisotopic (exact) mass is 355 g/mol. The number of aromatic nitrogens is 1. The number of ether oxygens (including phenoxy) is 1. The summed E-state index contributed by atoms with van der Waals surface area (Å²) in [5, 5.41) is 0. The van der Waals surface area contributed by atoms with Crippen molar-refractivity contribution in [1.29, 1.82) is 0 Å². The average molecular weight is 355 g/mol. The molecule has 1 aliphatic rings. The number of hydrogen-bond donors (Lipinski definition) is 1. The maximum absolute atomic E-state index is 12.0. The van der Waals surface area contributed by atoms with Crippen molar-refractivity contribution < 1.29 is 4.74 Å². The Labute approximate surface area is 155 Å². The summed E-state index contributed by atoms with van der Waals surface area (Å²) in [6.45, 7) is 2.77. The van der Waals surface area contributed by atoms with E-state index in [1.54, 1.807) is 12.3 Å². The van der Waals surface area contributed by atoms with E-state index in [9.17, 15) is 4.79 Å². The van der Waals surface area contributed by atoms with Crippen molar-refractivity contribution in [2.45, 2.75) is 38.4 Å². The first-order valence-corrected chi connectivity index (χ1v) is 9.30. The molecule has 5 nitrogen and oxygen atoms in total. The van der Waals surface area contributed by atoms with Crippen LogP contribution in [0.25, 0.3) is 0 Å². The molecule has 1 aromatic heterocycles. The fraction of sp³-hybridized carbons (Fsp3) is 0.476. The van der Waals surface area contributed by atoms with Gasteiger partial charge in [0.15, 0.2) is 5.75 Å². The van der Waals surface area contributed by atoms with Crippen LogP contribution in [0.15, 0.2) is 41.3 Å². The van der Waals surface area contributed by atoms with Gasteiger partial charge < -0.3 is 14.6 Å². The molecule has 1 aromatic carbocycles. The second-order valence-corrected chi connectivity index (χ2v) is 7.35.